The number of amides is 1. The van der Waals surface area contributed by atoms with Crippen LogP contribution in [0.3, 0.4) is 0 Å². The van der Waals surface area contributed by atoms with Crippen molar-refractivity contribution in [2.45, 2.75) is 40.2 Å². The first-order chi connectivity index (χ1) is 13.1. The summed E-state index contributed by atoms with van der Waals surface area (Å²) < 4.78 is 12.5. The molecule has 0 bridgehead atoms. The van der Waals surface area contributed by atoms with Gasteiger partial charge in [0, 0.05) is 24.7 Å². The smallest absolute Gasteiger partial charge is 0.410 e. The number of aryl methyl sites for hydroxylation is 2. The Bertz CT molecular complexity index is 859. The normalized spacial score (nSPS) is 14.5. The number of hydrogen-bond acceptors (Lipinski definition) is 5. The molecular weight excluding hydrogens is 358 g/mol. The van der Waals surface area contributed by atoms with E-state index in [1.165, 1.54) is 0 Å². The second-order valence-electron chi connectivity index (χ2n) is 8.24. The lowest BCUT2D eigenvalue weighted by Crippen LogP contribution is -2.53. The van der Waals surface area contributed by atoms with Crippen LogP contribution in [0.15, 0.2) is 30.3 Å². The zero-order valence-electron chi connectivity index (χ0n) is 17.1. The molecule has 1 fully saturated rings. The number of nitrogens with zero attached hydrogens (tertiary/aromatic N) is 3. The molecule has 1 amide bonds. The Kier molecular flexibility index (Phi) is 5.45. The van der Waals surface area contributed by atoms with Crippen LogP contribution in [0.25, 0.3) is 5.69 Å². The molecule has 3 rings (SSSR count). The second-order valence-corrected chi connectivity index (χ2v) is 8.24. The van der Waals surface area contributed by atoms with E-state index in [1.807, 2.05) is 57.5 Å². The van der Waals surface area contributed by atoms with Crippen molar-refractivity contribution >= 4 is 12.1 Å². The van der Waals surface area contributed by atoms with Crippen LogP contribution >= 0.6 is 0 Å². The van der Waals surface area contributed by atoms with E-state index in [4.69, 9.17) is 9.47 Å². The Morgan fingerprint density at radius 3 is 2.32 bits per heavy atom. The standard InChI is InChI=1S/C21H27N3O4/c1-14-10-15(2)24(22-14)18-8-6-17(7-9-18)19(25)27-13-16-11-23(12-16)20(26)28-21(3,4)5/h6-10,16H,11-13H2,1-5H3. The number of likely N-dealkylation sites (tertiary alicyclic amines) is 1. The van der Waals surface area contributed by atoms with Gasteiger partial charge in [-0.05, 0) is 65.0 Å². The van der Waals surface area contributed by atoms with Gasteiger partial charge in [-0.15, -0.1) is 0 Å². The number of carbonyl (C=O) groups is 2. The summed E-state index contributed by atoms with van der Waals surface area (Å²) in [6, 6.07) is 9.18. The minimum absolute atomic E-state index is 0.144. The fraction of sp³-hybridized carbons (Fsp3) is 0.476. The summed E-state index contributed by atoms with van der Waals surface area (Å²) >= 11 is 0. The third-order valence-corrected chi connectivity index (χ3v) is 4.42. The van der Waals surface area contributed by atoms with Crippen LogP contribution in [0.2, 0.25) is 0 Å². The van der Waals surface area contributed by atoms with Crippen LogP contribution < -0.4 is 0 Å². The van der Waals surface area contributed by atoms with Gasteiger partial charge in [0.2, 0.25) is 0 Å². The highest BCUT2D eigenvalue weighted by Crippen LogP contribution is 2.20. The number of carbonyl (C=O) groups excluding carboxylic acids is 2. The average Bonchev–Trinajstić information content (AvgIpc) is 2.90. The fourth-order valence-corrected chi connectivity index (χ4v) is 3.06. The van der Waals surface area contributed by atoms with Crippen molar-refractivity contribution in [2.75, 3.05) is 19.7 Å². The van der Waals surface area contributed by atoms with Crippen molar-refractivity contribution in [2.24, 2.45) is 5.92 Å². The fourth-order valence-electron chi connectivity index (χ4n) is 3.06. The van der Waals surface area contributed by atoms with Crippen LogP contribution in [-0.2, 0) is 9.47 Å². The minimum Gasteiger partial charge on any atom is -0.462 e. The molecule has 150 valence electrons. The first-order valence-corrected chi connectivity index (χ1v) is 9.41. The summed E-state index contributed by atoms with van der Waals surface area (Å²) in [5.74, 6) is -0.221. The van der Waals surface area contributed by atoms with Gasteiger partial charge >= 0.3 is 12.1 Å². The lowest BCUT2D eigenvalue weighted by atomic mass is 10.0. The Labute approximate surface area is 165 Å². The largest absolute Gasteiger partial charge is 0.462 e. The summed E-state index contributed by atoms with van der Waals surface area (Å²) in [7, 11) is 0. The molecule has 7 heteroatoms. The lowest BCUT2D eigenvalue weighted by molar-refractivity contribution is -0.0154. The zero-order chi connectivity index (χ0) is 20.5. The van der Waals surface area contributed by atoms with Gasteiger partial charge in [-0.2, -0.15) is 5.10 Å². The number of aromatic nitrogens is 2. The predicted molar refractivity (Wildman–Crippen MR) is 105 cm³/mol. The van der Waals surface area contributed by atoms with Crippen LogP contribution in [0, 0.1) is 19.8 Å². The minimum atomic E-state index is -0.506. The van der Waals surface area contributed by atoms with Gasteiger partial charge in [0.15, 0.2) is 0 Å². The molecule has 7 nitrogen and oxygen atoms in total. The number of ether oxygens (including phenoxy) is 2. The SMILES string of the molecule is Cc1cc(C)n(-c2ccc(C(=O)OCC3CN(C(=O)OC(C)(C)C)C3)cc2)n1. The summed E-state index contributed by atoms with van der Waals surface area (Å²) in [6.45, 7) is 10.8. The molecule has 0 N–H and O–H groups in total. The van der Waals surface area contributed by atoms with E-state index in [0.717, 1.165) is 17.1 Å². The molecule has 1 aromatic carbocycles. The molecule has 1 saturated heterocycles. The Morgan fingerprint density at radius 1 is 1.14 bits per heavy atom. The van der Waals surface area contributed by atoms with E-state index in [-0.39, 0.29) is 24.6 Å². The van der Waals surface area contributed by atoms with E-state index in [9.17, 15) is 9.59 Å². The molecule has 0 unspecified atom stereocenters. The second kappa shape index (κ2) is 7.66. The first kappa shape index (κ1) is 19.9. The van der Waals surface area contributed by atoms with Crippen LogP contribution in [0.1, 0.15) is 42.5 Å². The van der Waals surface area contributed by atoms with Gasteiger partial charge in [0.25, 0.3) is 0 Å². The molecule has 2 heterocycles. The topological polar surface area (TPSA) is 73.7 Å². The van der Waals surface area contributed by atoms with E-state index >= 15 is 0 Å². The lowest BCUT2D eigenvalue weighted by Gasteiger charge is -2.39. The van der Waals surface area contributed by atoms with Crippen LogP contribution in [-0.4, -0.2) is 52.0 Å². The van der Waals surface area contributed by atoms with Gasteiger partial charge in [0.1, 0.15) is 5.60 Å². The summed E-state index contributed by atoms with van der Waals surface area (Å²) in [5.41, 5.74) is 2.87. The maximum atomic E-state index is 12.3. The molecular formula is C21H27N3O4. The molecule has 1 aliphatic heterocycles. The van der Waals surface area contributed by atoms with Crippen molar-refractivity contribution in [3.05, 3.63) is 47.3 Å². The van der Waals surface area contributed by atoms with Crippen molar-refractivity contribution < 1.29 is 19.1 Å². The number of rotatable bonds is 4. The maximum Gasteiger partial charge on any atom is 0.410 e. The molecule has 0 atom stereocenters. The Hall–Kier alpha value is -2.83. The summed E-state index contributed by atoms with van der Waals surface area (Å²) in [6.07, 6.45) is -0.324. The number of hydrogen-bond donors (Lipinski definition) is 0. The van der Waals surface area contributed by atoms with E-state index < -0.39 is 5.60 Å². The first-order valence-electron chi connectivity index (χ1n) is 9.41. The van der Waals surface area contributed by atoms with Crippen molar-refractivity contribution in [3.63, 3.8) is 0 Å². The highest BCUT2D eigenvalue weighted by molar-refractivity contribution is 5.89. The van der Waals surface area contributed by atoms with Gasteiger partial charge < -0.3 is 14.4 Å². The summed E-state index contributed by atoms with van der Waals surface area (Å²) in [4.78, 5) is 25.8. The molecule has 0 saturated carbocycles. The van der Waals surface area contributed by atoms with E-state index in [1.54, 1.807) is 17.0 Å². The Balaban J connectivity index is 1.47. The van der Waals surface area contributed by atoms with Gasteiger partial charge in [-0.1, -0.05) is 0 Å². The highest BCUT2D eigenvalue weighted by Gasteiger charge is 2.34. The quantitative estimate of drug-likeness (QED) is 0.753. The maximum absolute atomic E-state index is 12.3. The van der Waals surface area contributed by atoms with Gasteiger partial charge in [0.05, 0.1) is 23.6 Å². The van der Waals surface area contributed by atoms with Crippen molar-refractivity contribution in [1.82, 2.24) is 14.7 Å². The molecule has 0 radical (unpaired) electrons. The van der Waals surface area contributed by atoms with Crippen LogP contribution in [0.5, 0.6) is 0 Å². The van der Waals surface area contributed by atoms with Crippen molar-refractivity contribution in [3.8, 4) is 5.69 Å². The monoisotopic (exact) mass is 385 g/mol. The zero-order valence-corrected chi connectivity index (χ0v) is 17.1. The highest BCUT2D eigenvalue weighted by atomic mass is 16.6. The van der Waals surface area contributed by atoms with E-state index in [2.05, 4.69) is 5.10 Å². The van der Waals surface area contributed by atoms with Gasteiger partial charge in [-0.3, -0.25) is 0 Å². The van der Waals surface area contributed by atoms with Crippen LogP contribution in [0.4, 0.5) is 4.79 Å². The van der Waals surface area contributed by atoms with E-state index in [0.29, 0.717) is 18.7 Å². The molecule has 28 heavy (non-hydrogen) atoms. The van der Waals surface area contributed by atoms with Gasteiger partial charge in [-0.25, -0.2) is 14.3 Å². The Morgan fingerprint density at radius 2 is 1.79 bits per heavy atom. The number of benzene rings is 1. The number of esters is 1. The third-order valence-electron chi connectivity index (χ3n) is 4.42. The molecule has 2 aromatic rings. The molecule has 0 spiro atoms. The predicted octanol–water partition coefficient (Wildman–Crippen LogP) is 3.51. The molecule has 1 aliphatic rings. The summed E-state index contributed by atoms with van der Waals surface area (Å²) in [5, 5.41) is 4.43. The van der Waals surface area contributed by atoms with Crippen molar-refractivity contribution in [1.29, 1.82) is 0 Å². The average molecular weight is 385 g/mol. The third kappa shape index (κ3) is 4.71. The molecule has 0 aliphatic carbocycles. The molecule has 1 aromatic heterocycles.